The summed E-state index contributed by atoms with van der Waals surface area (Å²) < 4.78 is 18.8. The molecule has 0 atom stereocenters. The lowest BCUT2D eigenvalue weighted by Crippen LogP contribution is -2.21. The van der Waals surface area contributed by atoms with Crippen molar-refractivity contribution in [2.75, 3.05) is 19.8 Å². The number of halogens is 1. The highest BCUT2D eigenvalue weighted by molar-refractivity contribution is 5.93. The van der Waals surface area contributed by atoms with E-state index in [0.29, 0.717) is 11.3 Å². The molecule has 6 heteroatoms. The Morgan fingerprint density at radius 2 is 2.05 bits per heavy atom. The summed E-state index contributed by atoms with van der Waals surface area (Å²) in [7, 11) is 3.30. The number of carbonyl (C=O) groups is 1. The number of nitrogens with zero attached hydrogens (tertiary/aromatic N) is 2. The van der Waals surface area contributed by atoms with E-state index in [9.17, 15) is 9.18 Å². The van der Waals surface area contributed by atoms with Crippen LogP contribution in [0.3, 0.4) is 0 Å². The summed E-state index contributed by atoms with van der Waals surface area (Å²) in [6, 6.07) is 7.19. The lowest BCUT2D eigenvalue weighted by molar-refractivity contribution is 0.0827. The van der Waals surface area contributed by atoms with Crippen molar-refractivity contribution in [3.63, 3.8) is 0 Å². The molecular formula is C14H14FN3O2. The van der Waals surface area contributed by atoms with Gasteiger partial charge in [0.1, 0.15) is 0 Å². The van der Waals surface area contributed by atoms with E-state index in [4.69, 9.17) is 10.5 Å². The highest BCUT2D eigenvalue weighted by Gasteiger charge is 2.10. The molecule has 0 bridgehead atoms. The Kier molecular flexibility index (Phi) is 3.84. The molecule has 1 aromatic carbocycles. The zero-order chi connectivity index (χ0) is 14.7. The summed E-state index contributed by atoms with van der Waals surface area (Å²) in [4.78, 5) is 17.1. The number of benzene rings is 1. The van der Waals surface area contributed by atoms with Crippen molar-refractivity contribution in [2.45, 2.75) is 0 Å². The number of rotatable bonds is 3. The van der Waals surface area contributed by atoms with Crippen LogP contribution in [0.1, 0.15) is 10.4 Å². The third-order valence-corrected chi connectivity index (χ3v) is 2.56. The Morgan fingerprint density at radius 3 is 2.60 bits per heavy atom. The topological polar surface area (TPSA) is 68.5 Å². The zero-order valence-corrected chi connectivity index (χ0v) is 11.1. The molecule has 0 saturated heterocycles. The molecule has 2 rings (SSSR count). The third-order valence-electron chi connectivity index (χ3n) is 2.56. The molecule has 20 heavy (non-hydrogen) atoms. The van der Waals surface area contributed by atoms with Crippen LogP contribution in [0, 0.1) is 5.82 Å². The molecule has 2 aromatic rings. The van der Waals surface area contributed by atoms with Gasteiger partial charge < -0.3 is 15.4 Å². The van der Waals surface area contributed by atoms with Gasteiger partial charge in [0.25, 0.3) is 5.91 Å². The Bertz CT molecular complexity index is 627. The summed E-state index contributed by atoms with van der Waals surface area (Å²) in [6.07, 6.45) is 1.38. The van der Waals surface area contributed by atoms with Crippen LogP contribution in [0.4, 0.5) is 10.1 Å². The second-order valence-corrected chi connectivity index (χ2v) is 4.38. The SMILES string of the molecule is CN(C)C(=O)c1ccc(Oc2ccc(N)cc2F)nc1. The highest BCUT2D eigenvalue weighted by Crippen LogP contribution is 2.24. The van der Waals surface area contributed by atoms with Gasteiger partial charge in [-0.15, -0.1) is 0 Å². The minimum absolute atomic E-state index is 0.0263. The van der Waals surface area contributed by atoms with E-state index in [1.807, 2.05) is 0 Å². The Balaban J connectivity index is 2.17. The van der Waals surface area contributed by atoms with Crippen molar-refractivity contribution < 1.29 is 13.9 Å². The van der Waals surface area contributed by atoms with Crippen LogP contribution in [0.2, 0.25) is 0 Å². The molecule has 1 aromatic heterocycles. The summed E-state index contributed by atoms with van der Waals surface area (Å²) in [5.74, 6) is -0.509. The predicted molar refractivity (Wildman–Crippen MR) is 73.1 cm³/mol. The molecule has 1 amide bonds. The summed E-state index contributed by atoms with van der Waals surface area (Å²) in [5.41, 5.74) is 6.19. The lowest BCUT2D eigenvalue weighted by atomic mass is 10.2. The largest absolute Gasteiger partial charge is 0.436 e. The molecule has 104 valence electrons. The average Bonchev–Trinajstić information content (AvgIpc) is 2.42. The molecule has 0 aliphatic carbocycles. The maximum absolute atomic E-state index is 13.6. The van der Waals surface area contributed by atoms with Gasteiger partial charge in [-0.05, 0) is 18.2 Å². The van der Waals surface area contributed by atoms with Gasteiger partial charge in [-0.1, -0.05) is 0 Å². The zero-order valence-electron chi connectivity index (χ0n) is 11.1. The Morgan fingerprint density at radius 1 is 1.30 bits per heavy atom. The quantitative estimate of drug-likeness (QED) is 0.873. The minimum Gasteiger partial charge on any atom is -0.436 e. The highest BCUT2D eigenvalue weighted by atomic mass is 19.1. The van der Waals surface area contributed by atoms with Gasteiger partial charge in [0, 0.05) is 38.1 Å². The Hall–Kier alpha value is -2.63. The van der Waals surface area contributed by atoms with E-state index in [-0.39, 0.29) is 17.5 Å². The van der Waals surface area contributed by atoms with Gasteiger partial charge in [-0.3, -0.25) is 4.79 Å². The molecule has 0 spiro atoms. The monoisotopic (exact) mass is 275 g/mol. The van der Waals surface area contributed by atoms with Gasteiger partial charge >= 0.3 is 0 Å². The van der Waals surface area contributed by atoms with Crippen LogP contribution < -0.4 is 10.5 Å². The number of amides is 1. The molecule has 1 heterocycles. The third kappa shape index (κ3) is 3.03. The van der Waals surface area contributed by atoms with E-state index in [1.165, 1.54) is 35.4 Å². The first-order valence-electron chi connectivity index (χ1n) is 5.88. The molecule has 0 radical (unpaired) electrons. The lowest BCUT2D eigenvalue weighted by Gasteiger charge is -2.10. The fraction of sp³-hybridized carbons (Fsp3) is 0.143. The number of aromatic nitrogens is 1. The smallest absolute Gasteiger partial charge is 0.254 e. The first-order chi connectivity index (χ1) is 9.47. The van der Waals surface area contributed by atoms with Gasteiger partial charge in [0.15, 0.2) is 11.6 Å². The van der Waals surface area contributed by atoms with Crippen LogP contribution >= 0.6 is 0 Å². The maximum Gasteiger partial charge on any atom is 0.254 e. The fourth-order valence-electron chi connectivity index (χ4n) is 1.54. The average molecular weight is 275 g/mol. The molecule has 0 aliphatic heterocycles. The number of pyridine rings is 1. The molecule has 2 N–H and O–H groups in total. The van der Waals surface area contributed by atoms with Crippen molar-refractivity contribution >= 4 is 11.6 Å². The van der Waals surface area contributed by atoms with E-state index >= 15 is 0 Å². The van der Waals surface area contributed by atoms with Gasteiger partial charge in [0.05, 0.1) is 5.56 Å². The minimum atomic E-state index is -0.569. The molecule has 0 fully saturated rings. The van der Waals surface area contributed by atoms with Crippen molar-refractivity contribution in [2.24, 2.45) is 0 Å². The number of hydrogen-bond acceptors (Lipinski definition) is 4. The van der Waals surface area contributed by atoms with Crippen LogP contribution in [-0.2, 0) is 0 Å². The summed E-state index contributed by atoms with van der Waals surface area (Å²) in [6.45, 7) is 0. The molecular weight excluding hydrogens is 261 g/mol. The number of hydrogen-bond donors (Lipinski definition) is 1. The number of nitrogens with two attached hydrogens (primary N) is 1. The maximum atomic E-state index is 13.6. The van der Waals surface area contributed by atoms with Crippen LogP contribution in [0.15, 0.2) is 36.5 Å². The second kappa shape index (κ2) is 5.56. The van der Waals surface area contributed by atoms with Crippen molar-refractivity contribution in [1.29, 1.82) is 0 Å². The standard InChI is InChI=1S/C14H14FN3O2/c1-18(2)14(19)9-3-6-13(17-8-9)20-12-5-4-10(16)7-11(12)15/h3-8H,16H2,1-2H3. The van der Waals surface area contributed by atoms with E-state index < -0.39 is 5.82 Å². The van der Waals surface area contributed by atoms with Crippen molar-refractivity contribution in [3.05, 3.63) is 47.9 Å². The van der Waals surface area contributed by atoms with Crippen LogP contribution in [0.25, 0.3) is 0 Å². The van der Waals surface area contributed by atoms with Crippen molar-refractivity contribution in [3.8, 4) is 11.6 Å². The molecule has 0 unspecified atom stereocenters. The summed E-state index contributed by atoms with van der Waals surface area (Å²) >= 11 is 0. The number of anilines is 1. The fourth-order valence-corrected chi connectivity index (χ4v) is 1.54. The number of nitrogen functional groups attached to an aromatic ring is 1. The normalized spacial score (nSPS) is 10.2. The Labute approximate surface area is 115 Å². The van der Waals surface area contributed by atoms with E-state index in [0.717, 1.165) is 0 Å². The molecule has 0 saturated carbocycles. The molecule has 0 aliphatic rings. The summed E-state index contributed by atoms with van der Waals surface area (Å²) in [5, 5.41) is 0. The van der Waals surface area contributed by atoms with Crippen molar-refractivity contribution in [1.82, 2.24) is 9.88 Å². The molecule has 5 nitrogen and oxygen atoms in total. The van der Waals surface area contributed by atoms with Gasteiger partial charge in [-0.2, -0.15) is 0 Å². The second-order valence-electron chi connectivity index (χ2n) is 4.38. The first-order valence-corrected chi connectivity index (χ1v) is 5.88. The van der Waals surface area contributed by atoms with Crippen LogP contribution in [-0.4, -0.2) is 29.9 Å². The van der Waals surface area contributed by atoms with E-state index in [2.05, 4.69) is 4.98 Å². The van der Waals surface area contributed by atoms with Gasteiger partial charge in [-0.25, -0.2) is 9.37 Å². The number of ether oxygens (including phenoxy) is 1. The van der Waals surface area contributed by atoms with Crippen LogP contribution in [0.5, 0.6) is 11.6 Å². The van der Waals surface area contributed by atoms with Gasteiger partial charge in [0.2, 0.25) is 5.88 Å². The number of carbonyl (C=O) groups excluding carboxylic acids is 1. The van der Waals surface area contributed by atoms with E-state index in [1.54, 1.807) is 20.2 Å². The first kappa shape index (κ1) is 13.8. The predicted octanol–water partition coefficient (Wildman–Crippen LogP) is 2.30.